The molecule has 2 aliphatic rings. The van der Waals surface area contributed by atoms with Gasteiger partial charge in [0.15, 0.2) is 0 Å². The van der Waals surface area contributed by atoms with Crippen LogP contribution in [0.3, 0.4) is 0 Å². The van der Waals surface area contributed by atoms with Crippen LogP contribution in [0.1, 0.15) is 23.1 Å². The molecule has 0 amide bonds. The zero-order chi connectivity index (χ0) is 16.2. The first kappa shape index (κ1) is 15.8. The van der Waals surface area contributed by atoms with Gasteiger partial charge in [0, 0.05) is 18.5 Å². The number of hydrogen-bond donors (Lipinski definition) is 0. The molecule has 1 atom stereocenters. The molecule has 2 aromatic rings. The van der Waals surface area contributed by atoms with Crippen molar-refractivity contribution >= 4 is 0 Å². The normalized spacial score (nSPS) is 24.5. The molecule has 0 N–H and O–H groups in total. The molecular weight excluding hydrogens is 298 g/mol. The van der Waals surface area contributed by atoms with Crippen molar-refractivity contribution in [1.82, 2.24) is 4.90 Å². The third-order valence-electron chi connectivity index (χ3n) is 5.42. The Morgan fingerprint density at radius 2 is 1.62 bits per heavy atom. The Morgan fingerprint density at radius 1 is 0.875 bits per heavy atom. The van der Waals surface area contributed by atoms with Crippen LogP contribution in [0.25, 0.3) is 0 Å². The number of benzene rings is 2. The summed E-state index contributed by atoms with van der Waals surface area (Å²) >= 11 is 0. The first-order valence-corrected chi connectivity index (χ1v) is 8.90. The van der Waals surface area contributed by atoms with Crippen molar-refractivity contribution in [3.8, 4) is 0 Å². The molecule has 0 aliphatic carbocycles. The minimum atomic E-state index is -0.0472. The number of nitrogens with zero attached hydrogens (tertiary/aromatic N) is 1. The molecule has 0 spiro atoms. The molecule has 2 aliphatic heterocycles. The maximum absolute atomic E-state index is 6.06. The van der Waals surface area contributed by atoms with Gasteiger partial charge in [0.25, 0.3) is 0 Å². The molecule has 4 rings (SSSR count). The van der Waals surface area contributed by atoms with Crippen LogP contribution in [0.15, 0.2) is 54.6 Å². The topological polar surface area (TPSA) is 21.7 Å². The van der Waals surface area contributed by atoms with Gasteiger partial charge in [-0.1, -0.05) is 54.6 Å². The van der Waals surface area contributed by atoms with Gasteiger partial charge in [-0.15, -0.1) is 0 Å². The summed E-state index contributed by atoms with van der Waals surface area (Å²) in [7, 11) is 0. The lowest BCUT2D eigenvalue weighted by atomic mass is 9.70. The lowest BCUT2D eigenvalue weighted by molar-refractivity contribution is 0.0249. The summed E-state index contributed by atoms with van der Waals surface area (Å²) in [4.78, 5) is 2.52. The largest absolute Gasteiger partial charge is 0.379 e. The van der Waals surface area contributed by atoms with Gasteiger partial charge in [-0.25, -0.2) is 0 Å². The van der Waals surface area contributed by atoms with Crippen LogP contribution in [0.5, 0.6) is 0 Å². The second-order valence-corrected chi connectivity index (χ2v) is 6.80. The molecule has 24 heavy (non-hydrogen) atoms. The molecule has 1 fully saturated rings. The SMILES string of the molecule is c1ccc(C2(CCN3CCOCC3)COCc3ccccc32)cc1. The average Bonchev–Trinajstić information content (AvgIpc) is 2.68. The number of fused-ring (bicyclic) bond motifs is 1. The number of ether oxygens (including phenoxy) is 2. The number of hydrogen-bond acceptors (Lipinski definition) is 3. The molecule has 126 valence electrons. The Bertz CT molecular complexity index is 667. The zero-order valence-corrected chi connectivity index (χ0v) is 14.1. The van der Waals surface area contributed by atoms with Crippen molar-refractivity contribution in [3.63, 3.8) is 0 Å². The quantitative estimate of drug-likeness (QED) is 0.862. The summed E-state index contributed by atoms with van der Waals surface area (Å²) < 4.78 is 11.6. The van der Waals surface area contributed by atoms with Gasteiger partial charge in [-0.3, -0.25) is 4.90 Å². The highest BCUT2D eigenvalue weighted by molar-refractivity contribution is 5.45. The predicted octanol–water partition coefficient (Wildman–Crippen LogP) is 3.23. The molecule has 2 heterocycles. The third kappa shape index (κ3) is 3.00. The van der Waals surface area contributed by atoms with Gasteiger partial charge in [0.1, 0.15) is 0 Å². The molecule has 0 radical (unpaired) electrons. The van der Waals surface area contributed by atoms with E-state index in [1.54, 1.807) is 0 Å². The summed E-state index contributed by atoms with van der Waals surface area (Å²) in [6, 6.07) is 19.7. The van der Waals surface area contributed by atoms with Gasteiger partial charge in [-0.05, 0) is 29.7 Å². The van der Waals surface area contributed by atoms with E-state index in [0.717, 1.165) is 52.5 Å². The van der Waals surface area contributed by atoms with Crippen molar-refractivity contribution in [2.75, 3.05) is 39.5 Å². The van der Waals surface area contributed by atoms with E-state index in [2.05, 4.69) is 59.5 Å². The van der Waals surface area contributed by atoms with Crippen molar-refractivity contribution in [1.29, 1.82) is 0 Å². The van der Waals surface area contributed by atoms with E-state index in [-0.39, 0.29) is 5.41 Å². The van der Waals surface area contributed by atoms with E-state index in [9.17, 15) is 0 Å². The maximum atomic E-state index is 6.06. The Kier molecular flexibility index (Phi) is 4.65. The summed E-state index contributed by atoms with van der Waals surface area (Å²) in [5, 5.41) is 0. The van der Waals surface area contributed by atoms with Gasteiger partial charge in [0.05, 0.1) is 26.4 Å². The molecule has 0 bridgehead atoms. The molecule has 0 aromatic heterocycles. The second kappa shape index (κ2) is 7.06. The first-order chi connectivity index (χ1) is 11.9. The highest BCUT2D eigenvalue weighted by Crippen LogP contribution is 2.41. The van der Waals surface area contributed by atoms with Crippen molar-refractivity contribution < 1.29 is 9.47 Å². The Balaban J connectivity index is 1.68. The average molecular weight is 323 g/mol. The standard InChI is InChI=1S/C21H25NO2/c1-2-7-19(8-3-1)21(10-11-22-12-14-23-15-13-22)17-24-16-18-6-4-5-9-20(18)21/h1-9H,10-17H2. The smallest absolute Gasteiger partial charge is 0.0720 e. The minimum Gasteiger partial charge on any atom is -0.379 e. The van der Waals surface area contributed by atoms with E-state index in [1.807, 2.05) is 0 Å². The molecular formula is C21H25NO2. The van der Waals surface area contributed by atoms with E-state index < -0.39 is 0 Å². The van der Waals surface area contributed by atoms with Crippen molar-refractivity contribution in [2.24, 2.45) is 0 Å². The van der Waals surface area contributed by atoms with E-state index in [1.165, 1.54) is 16.7 Å². The fourth-order valence-corrected chi connectivity index (χ4v) is 4.05. The van der Waals surface area contributed by atoms with Crippen LogP contribution in [0, 0.1) is 0 Å². The lowest BCUT2D eigenvalue weighted by Crippen LogP contribution is -2.43. The highest BCUT2D eigenvalue weighted by Gasteiger charge is 2.39. The van der Waals surface area contributed by atoms with Crippen LogP contribution in [0.4, 0.5) is 0 Å². The van der Waals surface area contributed by atoms with Gasteiger partial charge >= 0.3 is 0 Å². The summed E-state index contributed by atoms with van der Waals surface area (Å²) in [6.45, 7) is 6.34. The predicted molar refractivity (Wildman–Crippen MR) is 95.2 cm³/mol. The Labute approximate surface area is 144 Å². The molecule has 2 aromatic carbocycles. The Hall–Kier alpha value is -1.68. The van der Waals surface area contributed by atoms with Crippen LogP contribution in [-0.4, -0.2) is 44.4 Å². The zero-order valence-electron chi connectivity index (χ0n) is 14.1. The maximum Gasteiger partial charge on any atom is 0.0720 e. The van der Waals surface area contributed by atoms with Crippen molar-refractivity contribution in [3.05, 3.63) is 71.3 Å². The minimum absolute atomic E-state index is 0.0472. The van der Waals surface area contributed by atoms with E-state index in [4.69, 9.17) is 9.47 Å². The Morgan fingerprint density at radius 3 is 2.46 bits per heavy atom. The number of rotatable bonds is 4. The first-order valence-electron chi connectivity index (χ1n) is 8.90. The van der Waals surface area contributed by atoms with Crippen molar-refractivity contribution in [2.45, 2.75) is 18.4 Å². The van der Waals surface area contributed by atoms with Crippen LogP contribution in [-0.2, 0) is 21.5 Å². The molecule has 1 saturated heterocycles. The second-order valence-electron chi connectivity index (χ2n) is 6.80. The highest BCUT2D eigenvalue weighted by atomic mass is 16.5. The van der Waals surface area contributed by atoms with Gasteiger partial charge in [-0.2, -0.15) is 0 Å². The summed E-state index contributed by atoms with van der Waals surface area (Å²) in [5.74, 6) is 0. The summed E-state index contributed by atoms with van der Waals surface area (Å²) in [5.41, 5.74) is 4.09. The molecule has 3 heteroatoms. The van der Waals surface area contributed by atoms with Gasteiger partial charge < -0.3 is 9.47 Å². The molecule has 1 unspecified atom stereocenters. The van der Waals surface area contributed by atoms with Gasteiger partial charge in [0.2, 0.25) is 0 Å². The van der Waals surface area contributed by atoms with Crippen LogP contribution >= 0.6 is 0 Å². The monoisotopic (exact) mass is 323 g/mol. The van der Waals surface area contributed by atoms with E-state index in [0.29, 0.717) is 0 Å². The fraction of sp³-hybridized carbons (Fsp3) is 0.429. The summed E-state index contributed by atoms with van der Waals surface area (Å²) in [6.07, 6.45) is 1.08. The lowest BCUT2D eigenvalue weighted by Gasteiger charge is -2.41. The molecule has 3 nitrogen and oxygen atoms in total. The molecule has 0 saturated carbocycles. The van der Waals surface area contributed by atoms with E-state index >= 15 is 0 Å². The van der Waals surface area contributed by atoms with Crippen LogP contribution < -0.4 is 0 Å². The third-order valence-corrected chi connectivity index (χ3v) is 5.42. The number of morpholine rings is 1. The van der Waals surface area contributed by atoms with Crippen LogP contribution in [0.2, 0.25) is 0 Å². The fourth-order valence-electron chi connectivity index (χ4n) is 4.05.